The second kappa shape index (κ2) is 6.91. The number of carbonyl (C=O) groups excluding carboxylic acids is 2. The van der Waals surface area contributed by atoms with Crippen LogP contribution in [0.5, 0.6) is 5.75 Å². The summed E-state index contributed by atoms with van der Waals surface area (Å²) < 4.78 is 28.4. The van der Waals surface area contributed by atoms with E-state index >= 15 is 0 Å². The molecule has 0 aliphatic rings. The predicted octanol–water partition coefficient (Wildman–Crippen LogP) is 3.07. The normalized spacial score (nSPS) is 10.1. The summed E-state index contributed by atoms with van der Waals surface area (Å²) in [7, 11) is 3.91. The molecular formula is C17H15FO5. The first-order valence-electron chi connectivity index (χ1n) is 6.65. The van der Waals surface area contributed by atoms with Gasteiger partial charge in [0.2, 0.25) is 0 Å². The van der Waals surface area contributed by atoms with Crippen molar-refractivity contribution in [1.29, 1.82) is 0 Å². The van der Waals surface area contributed by atoms with Crippen LogP contribution < -0.4 is 4.74 Å². The lowest BCUT2D eigenvalue weighted by Gasteiger charge is -2.09. The number of esters is 2. The number of methoxy groups -OCH3 is 3. The van der Waals surface area contributed by atoms with Crippen molar-refractivity contribution >= 4 is 11.9 Å². The van der Waals surface area contributed by atoms with Crippen molar-refractivity contribution in [3.8, 4) is 16.9 Å². The van der Waals surface area contributed by atoms with Gasteiger partial charge in [0.1, 0.15) is 11.6 Å². The molecule has 0 amide bonds. The Hall–Kier alpha value is -2.89. The lowest BCUT2D eigenvalue weighted by Crippen LogP contribution is -2.04. The van der Waals surface area contributed by atoms with Crippen LogP contribution in [0.2, 0.25) is 0 Å². The maximum atomic E-state index is 14.1. The van der Waals surface area contributed by atoms with E-state index in [1.54, 1.807) is 18.2 Å². The van der Waals surface area contributed by atoms with Crippen LogP contribution in [0.1, 0.15) is 20.7 Å². The zero-order chi connectivity index (χ0) is 17.0. The molecule has 5 nitrogen and oxygen atoms in total. The summed E-state index contributed by atoms with van der Waals surface area (Å²) in [5.41, 5.74) is 1.16. The topological polar surface area (TPSA) is 61.8 Å². The number of rotatable bonds is 4. The highest BCUT2D eigenvalue weighted by Crippen LogP contribution is 2.28. The van der Waals surface area contributed by atoms with Gasteiger partial charge in [-0.2, -0.15) is 0 Å². The Labute approximate surface area is 132 Å². The van der Waals surface area contributed by atoms with E-state index in [2.05, 4.69) is 9.47 Å². The van der Waals surface area contributed by atoms with Gasteiger partial charge in [0.25, 0.3) is 0 Å². The molecule has 0 saturated carbocycles. The molecule has 0 radical (unpaired) electrons. The van der Waals surface area contributed by atoms with Crippen LogP contribution in [0.4, 0.5) is 4.39 Å². The maximum absolute atomic E-state index is 14.1. The Balaban J connectivity index is 2.51. The van der Waals surface area contributed by atoms with E-state index < -0.39 is 17.8 Å². The van der Waals surface area contributed by atoms with E-state index in [1.807, 2.05) is 0 Å². The van der Waals surface area contributed by atoms with E-state index in [0.717, 1.165) is 0 Å². The molecule has 0 unspecified atom stereocenters. The summed E-state index contributed by atoms with van der Waals surface area (Å²) in [4.78, 5) is 23.1. The van der Waals surface area contributed by atoms with Crippen LogP contribution in [0.3, 0.4) is 0 Å². The van der Waals surface area contributed by atoms with Crippen LogP contribution in [0.25, 0.3) is 11.1 Å². The Bertz CT molecular complexity index is 755. The number of hydrogen-bond acceptors (Lipinski definition) is 5. The number of ether oxygens (including phenoxy) is 3. The van der Waals surface area contributed by atoms with Crippen LogP contribution in [0.15, 0.2) is 36.4 Å². The minimum absolute atomic E-state index is 0.160. The molecule has 0 saturated heterocycles. The molecule has 0 atom stereocenters. The van der Waals surface area contributed by atoms with Gasteiger partial charge in [-0.25, -0.2) is 14.0 Å². The predicted molar refractivity (Wildman–Crippen MR) is 81.1 cm³/mol. The largest absolute Gasteiger partial charge is 0.497 e. The quantitative estimate of drug-likeness (QED) is 0.811. The van der Waals surface area contributed by atoms with Crippen molar-refractivity contribution in [1.82, 2.24) is 0 Å². The van der Waals surface area contributed by atoms with Crippen molar-refractivity contribution in [3.05, 3.63) is 53.3 Å². The van der Waals surface area contributed by atoms with Crippen molar-refractivity contribution in [2.24, 2.45) is 0 Å². The van der Waals surface area contributed by atoms with Gasteiger partial charge in [0.15, 0.2) is 0 Å². The third kappa shape index (κ3) is 3.48. The lowest BCUT2D eigenvalue weighted by atomic mass is 10.0. The lowest BCUT2D eigenvalue weighted by molar-refractivity contribution is 0.0588. The van der Waals surface area contributed by atoms with Crippen LogP contribution >= 0.6 is 0 Å². The molecule has 2 rings (SSSR count). The minimum atomic E-state index is -0.755. The number of halogens is 1. The zero-order valence-electron chi connectivity index (χ0n) is 12.9. The number of hydrogen-bond donors (Lipinski definition) is 0. The van der Waals surface area contributed by atoms with Crippen LogP contribution in [-0.2, 0) is 9.47 Å². The Morgan fingerprint density at radius 2 is 1.57 bits per heavy atom. The fraction of sp³-hybridized carbons (Fsp3) is 0.176. The van der Waals surface area contributed by atoms with Crippen molar-refractivity contribution in [2.45, 2.75) is 0 Å². The summed E-state index contributed by atoms with van der Waals surface area (Å²) in [6.07, 6.45) is 0. The summed E-state index contributed by atoms with van der Waals surface area (Å²) in [6, 6.07) is 8.82. The monoisotopic (exact) mass is 318 g/mol. The SMILES string of the molecule is COC(=O)c1cc(OC)cc(-c2ccc(C(=O)OC)c(F)c2)c1. The highest BCUT2D eigenvalue weighted by atomic mass is 19.1. The van der Waals surface area contributed by atoms with E-state index in [9.17, 15) is 14.0 Å². The first-order valence-corrected chi connectivity index (χ1v) is 6.65. The molecule has 0 bridgehead atoms. The highest BCUT2D eigenvalue weighted by molar-refractivity contribution is 5.92. The van der Waals surface area contributed by atoms with Gasteiger partial charge in [-0.1, -0.05) is 6.07 Å². The third-order valence-corrected chi connectivity index (χ3v) is 3.27. The highest BCUT2D eigenvalue weighted by Gasteiger charge is 2.15. The average molecular weight is 318 g/mol. The van der Waals surface area contributed by atoms with E-state index in [-0.39, 0.29) is 11.1 Å². The molecule has 0 aromatic heterocycles. The minimum Gasteiger partial charge on any atom is -0.497 e. The summed E-state index contributed by atoms with van der Waals surface area (Å²) in [5, 5.41) is 0. The standard InChI is InChI=1S/C17H15FO5/c1-21-13-7-11(6-12(8-13)16(19)22-2)10-4-5-14(15(18)9-10)17(20)23-3/h4-9H,1-3H3. The second-order valence-corrected chi connectivity index (χ2v) is 4.63. The van der Waals surface area contributed by atoms with Gasteiger partial charge in [-0.05, 0) is 41.5 Å². The van der Waals surface area contributed by atoms with Crippen molar-refractivity contribution in [3.63, 3.8) is 0 Å². The summed E-state index contributed by atoms with van der Waals surface area (Å²) in [6.45, 7) is 0. The summed E-state index contributed by atoms with van der Waals surface area (Å²) in [5.74, 6) is -1.57. The van der Waals surface area contributed by atoms with Gasteiger partial charge in [-0.3, -0.25) is 0 Å². The summed E-state index contributed by atoms with van der Waals surface area (Å²) >= 11 is 0. The molecule has 120 valence electrons. The molecule has 0 N–H and O–H groups in total. The van der Waals surface area contributed by atoms with Crippen molar-refractivity contribution < 1.29 is 28.2 Å². The van der Waals surface area contributed by atoms with Crippen LogP contribution in [0, 0.1) is 5.82 Å². The van der Waals surface area contributed by atoms with Crippen LogP contribution in [-0.4, -0.2) is 33.3 Å². The first-order chi connectivity index (χ1) is 11.0. The molecule has 6 heteroatoms. The molecule has 2 aromatic rings. The van der Waals surface area contributed by atoms with E-state index in [1.165, 1.54) is 39.5 Å². The van der Waals surface area contributed by atoms with E-state index in [4.69, 9.17) is 4.74 Å². The average Bonchev–Trinajstić information content (AvgIpc) is 2.59. The fourth-order valence-corrected chi connectivity index (χ4v) is 2.09. The Morgan fingerprint density at radius 1 is 0.870 bits per heavy atom. The van der Waals surface area contributed by atoms with E-state index in [0.29, 0.717) is 16.9 Å². The Kier molecular flexibility index (Phi) is 4.95. The molecule has 0 heterocycles. The molecule has 0 spiro atoms. The van der Waals surface area contributed by atoms with Gasteiger partial charge in [-0.15, -0.1) is 0 Å². The second-order valence-electron chi connectivity index (χ2n) is 4.63. The van der Waals surface area contributed by atoms with Gasteiger partial charge >= 0.3 is 11.9 Å². The molecule has 23 heavy (non-hydrogen) atoms. The molecular weight excluding hydrogens is 303 g/mol. The Morgan fingerprint density at radius 3 is 2.13 bits per heavy atom. The van der Waals surface area contributed by atoms with Gasteiger partial charge in [0, 0.05) is 0 Å². The van der Waals surface area contributed by atoms with Gasteiger partial charge in [0.05, 0.1) is 32.5 Å². The molecule has 0 aliphatic heterocycles. The molecule has 0 aliphatic carbocycles. The first kappa shape index (κ1) is 16.5. The maximum Gasteiger partial charge on any atom is 0.340 e. The van der Waals surface area contributed by atoms with Gasteiger partial charge < -0.3 is 14.2 Å². The zero-order valence-corrected chi connectivity index (χ0v) is 12.9. The van der Waals surface area contributed by atoms with Crippen molar-refractivity contribution in [2.75, 3.05) is 21.3 Å². The molecule has 2 aromatic carbocycles. The molecule has 0 fully saturated rings. The number of carbonyl (C=O) groups is 2. The number of benzene rings is 2. The smallest absolute Gasteiger partial charge is 0.340 e. The third-order valence-electron chi connectivity index (χ3n) is 3.27. The fourth-order valence-electron chi connectivity index (χ4n) is 2.09.